The molecule has 0 aliphatic carbocycles. The highest BCUT2D eigenvalue weighted by Crippen LogP contribution is 2.43. The van der Waals surface area contributed by atoms with Gasteiger partial charge in [-0.2, -0.15) is 0 Å². The van der Waals surface area contributed by atoms with Crippen LogP contribution in [-0.4, -0.2) is 66.5 Å². The molecule has 0 aromatic heterocycles. The average Bonchev–Trinajstić information content (AvgIpc) is 3.39. The minimum atomic E-state index is -4.75. The third kappa shape index (κ3) is 54.0. The summed E-state index contributed by atoms with van der Waals surface area (Å²) in [6, 6.07) is 0. The van der Waals surface area contributed by atoms with Gasteiger partial charge in [0.25, 0.3) is 0 Å². The highest BCUT2D eigenvalue weighted by molar-refractivity contribution is 7.47. The van der Waals surface area contributed by atoms with Crippen LogP contribution in [0.3, 0.4) is 0 Å². The van der Waals surface area contributed by atoms with Gasteiger partial charge >= 0.3 is 25.7 Å². The number of carbonyl (C=O) groups excluding carboxylic acids is 3. The molecular weight excluding hydrogens is 952 g/mol. The number of unbranched alkanes of at least 4 members (excludes halogenated alkanes) is 29. The Morgan fingerprint density at radius 1 is 0.392 bits per heavy atom. The van der Waals surface area contributed by atoms with Crippen LogP contribution in [0.2, 0.25) is 0 Å². The summed E-state index contributed by atoms with van der Waals surface area (Å²) in [5.41, 5.74) is 0. The van der Waals surface area contributed by atoms with Crippen LogP contribution >= 0.6 is 7.82 Å². The summed E-state index contributed by atoms with van der Waals surface area (Å²) in [5.74, 6) is -1.49. The molecule has 0 spiro atoms. The van der Waals surface area contributed by atoms with E-state index in [2.05, 4.69) is 81.5 Å². The van der Waals surface area contributed by atoms with Gasteiger partial charge in [0.2, 0.25) is 0 Å². The summed E-state index contributed by atoms with van der Waals surface area (Å²) < 4.78 is 39.6. The molecule has 0 aliphatic heterocycles. The smallest absolute Gasteiger partial charge is 0.462 e. The van der Waals surface area contributed by atoms with Crippen molar-refractivity contribution >= 4 is 25.7 Å². The Bertz CT molecular complexity index is 1470. The Hall–Kier alpha value is -2.82. The zero-order chi connectivity index (χ0) is 54.1. The number of hydrogen-bond donors (Lipinski definition) is 2. The first-order valence-electron chi connectivity index (χ1n) is 30.2. The van der Waals surface area contributed by atoms with Crippen molar-refractivity contribution in [2.75, 3.05) is 26.4 Å². The number of allylic oxidation sites excluding steroid dienone is 10. The second kappa shape index (κ2) is 56.4. The van der Waals surface area contributed by atoms with Crippen molar-refractivity contribution in [2.45, 2.75) is 290 Å². The first-order valence-corrected chi connectivity index (χ1v) is 31.7. The maximum absolute atomic E-state index is 12.9. The zero-order valence-electron chi connectivity index (χ0n) is 47.6. The molecule has 0 aliphatic rings. The lowest BCUT2D eigenvalue weighted by Gasteiger charge is -2.21. The highest BCUT2D eigenvalue weighted by Gasteiger charge is 2.28. The average molecular weight is 1060 g/mol. The molecule has 0 saturated carbocycles. The minimum absolute atomic E-state index is 0.163. The van der Waals surface area contributed by atoms with Crippen molar-refractivity contribution in [3.8, 4) is 0 Å². The van der Waals surface area contributed by atoms with E-state index < -0.39 is 57.8 Å². The van der Waals surface area contributed by atoms with E-state index in [-0.39, 0.29) is 25.9 Å². The van der Waals surface area contributed by atoms with Crippen LogP contribution in [0.1, 0.15) is 278 Å². The molecular formula is C62H111O11P. The lowest BCUT2D eigenvalue weighted by Crippen LogP contribution is -2.30. The van der Waals surface area contributed by atoms with E-state index in [4.69, 9.17) is 23.3 Å². The Morgan fingerprint density at radius 3 is 1.08 bits per heavy atom. The number of phosphoric acid groups is 1. The summed E-state index contributed by atoms with van der Waals surface area (Å²) in [6.45, 7) is 4.53. The van der Waals surface area contributed by atoms with E-state index in [1.807, 2.05) is 0 Å². The number of hydrogen-bond acceptors (Lipinski definition) is 10. The molecule has 2 N–H and O–H groups in total. The Labute approximate surface area is 453 Å². The van der Waals surface area contributed by atoms with Crippen LogP contribution < -0.4 is 0 Å². The van der Waals surface area contributed by atoms with Gasteiger partial charge in [-0.15, -0.1) is 0 Å². The monoisotopic (exact) mass is 1060 g/mol. The fourth-order valence-corrected chi connectivity index (χ4v) is 9.17. The second-order valence-electron chi connectivity index (χ2n) is 20.1. The van der Waals surface area contributed by atoms with Gasteiger partial charge < -0.3 is 24.2 Å². The predicted molar refractivity (Wildman–Crippen MR) is 307 cm³/mol. The van der Waals surface area contributed by atoms with Gasteiger partial charge in [-0.1, -0.05) is 255 Å². The number of rotatable bonds is 56. The molecule has 0 bridgehead atoms. The summed E-state index contributed by atoms with van der Waals surface area (Å²) in [5, 5.41) is 9.82. The molecule has 0 radical (unpaired) electrons. The topological polar surface area (TPSA) is 155 Å². The number of aliphatic hydroxyl groups excluding tert-OH is 1. The standard InChI is InChI=1S/C62H111O11P/c1-4-7-10-13-16-19-22-25-27-28-29-30-32-34-36-39-42-45-48-51-60(64)69-55-59(73-62(66)53-50-47-44-41-38-35-31-26-23-20-17-14-11-8-5-2)57-71-74(67,68)70-56-58(54-63)72-61(65)52-49-46-43-40-37-33-24-21-18-15-12-9-6-3/h7,10,16,19,25,27,29-30,34,36,58-59,63H,4-6,8-9,11-15,17-18,20-24,26,28,31-33,35,37-57H2,1-3H3,(H,67,68)/b10-7-,19-16-,27-25-,30-29-,36-34-. The number of esters is 3. The Balaban J connectivity index is 4.75. The third-order valence-electron chi connectivity index (χ3n) is 13.0. The van der Waals surface area contributed by atoms with Gasteiger partial charge in [0.15, 0.2) is 6.10 Å². The second-order valence-corrected chi connectivity index (χ2v) is 21.6. The maximum atomic E-state index is 12.9. The van der Waals surface area contributed by atoms with Crippen molar-refractivity contribution in [1.29, 1.82) is 0 Å². The maximum Gasteiger partial charge on any atom is 0.472 e. The molecule has 0 heterocycles. The molecule has 12 heteroatoms. The van der Waals surface area contributed by atoms with Gasteiger partial charge in [-0.25, -0.2) is 4.57 Å². The van der Waals surface area contributed by atoms with Crippen LogP contribution in [0.5, 0.6) is 0 Å². The van der Waals surface area contributed by atoms with E-state index in [1.54, 1.807) is 0 Å². The molecule has 0 fully saturated rings. The van der Waals surface area contributed by atoms with Crippen LogP contribution in [0, 0.1) is 0 Å². The summed E-state index contributed by atoms with van der Waals surface area (Å²) >= 11 is 0. The molecule has 0 amide bonds. The summed E-state index contributed by atoms with van der Waals surface area (Å²) in [7, 11) is -4.75. The quantitative estimate of drug-likeness (QED) is 0.0197. The lowest BCUT2D eigenvalue weighted by molar-refractivity contribution is -0.161. The highest BCUT2D eigenvalue weighted by atomic mass is 31.2. The fraction of sp³-hybridized carbons (Fsp3) is 0.790. The summed E-state index contributed by atoms with van der Waals surface area (Å²) in [4.78, 5) is 48.6. The first-order chi connectivity index (χ1) is 36.2. The number of aliphatic hydroxyl groups is 1. The van der Waals surface area contributed by atoms with Crippen molar-refractivity contribution in [3.63, 3.8) is 0 Å². The van der Waals surface area contributed by atoms with E-state index in [9.17, 15) is 28.9 Å². The van der Waals surface area contributed by atoms with Gasteiger partial charge in [-0.05, 0) is 64.2 Å². The molecule has 3 atom stereocenters. The summed E-state index contributed by atoms with van der Waals surface area (Å²) in [6.07, 6.45) is 61.7. The molecule has 0 rings (SSSR count). The third-order valence-corrected chi connectivity index (χ3v) is 13.9. The first kappa shape index (κ1) is 71.2. The van der Waals surface area contributed by atoms with Crippen LogP contribution in [0.4, 0.5) is 0 Å². The fourth-order valence-electron chi connectivity index (χ4n) is 8.38. The van der Waals surface area contributed by atoms with Crippen LogP contribution in [0.25, 0.3) is 0 Å². The van der Waals surface area contributed by atoms with Gasteiger partial charge in [-0.3, -0.25) is 23.4 Å². The van der Waals surface area contributed by atoms with Gasteiger partial charge in [0.05, 0.1) is 19.8 Å². The van der Waals surface area contributed by atoms with E-state index in [0.717, 1.165) is 89.9 Å². The SMILES string of the molecule is CC/C=C\C/C=C\C/C=C\C/C=C\C/C=C\CCCCCC(=O)OCC(COP(=O)(O)OCC(CO)OC(=O)CCCCCCCCCCCCCCC)OC(=O)CCCCCCCCCCCCCCCCC. The number of carbonyl (C=O) groups is 3. The molecule has 430 valence electrons. The molecule has 11 nitrogen and oxygen atoms in total. The molecule has 0 aromatic carbocycles. The molecule has 74 heavy (non-hydrogen) atoms. The largest absolute Gasteiger partial charge is 0.472 e. The number of phosphoric ester groups is 1. The van der Waals surface area contributed by atoms with Crippen molar-refractivity contribution in [1.82, 2.24) is 0 Å². The normalized spacial score (nSPS) is 13.7. The Morgan fingerprint density at radius 2 is 0.703 bits per heavy atom. The van der Waals surface area contributed by atoms with Crippen LogP contribution in [-0.2, 0) is 42.2 Å². The molecule has 0 aromatic rings. The van der Waals surface area contributed by atoms with E-state index in [1.165, 1.54) is 128 Å². The zero-order valence-corrected chi connectivity index (χ0v) is 48.5. The Kier molecular flexibility index (Phi) is 54.2. The van der Waals surface area contributed by atoms with Crippen molar-refractivity contribution in [2.24, 2.45) is 0 Å². The molecule has 3 unspecified atom stereocenters. The lowest BCUT2D eigenvalue weighted by atomic mass is 10.0. The van der Waals surface area contributed by atoms with Crippen molar-refractivity contribution in [3.05, 3.63) is 60.8 Å². The van der Waals surface area contributed by atoms with Gasteiger partial charge in [0.1, 0.15) is 12.7 Å². The van der Waals surface area contributed by atoms with Crippen molar-refractivity contribution < 1.29 is 52.2 Å². The minimum Gasteiger partial charge on any atom is -0.462 e. The molecule has 0 saturated heterocycles. The van der Waals surface area contributed by atoms with E-state index >= 15 is 0 Å². The number of ether oxygens (including phenoxy) is 3. The van der Waals surface area contributed by atoms with Crippen LogP contribution in [0.15, 0.2) is 60.8 Å². The van der Waals surface area contributed by atoms with E-state index in [0.29, 0.717) is 19.3 Å². The predicted octanol–water partition coefficient (Wildman–Crippen LogP) is 17.9. The van der Waals surface area contributed by atoms with Gasteiger partial charge in [0, 0.05) is 19.3 Å².